The molecular weight excluding hydrogens is 300 g/mol. The molecule has 22 heavy (non-hydrogen) atoms. The molecule has 0 radical (unpaired) electrons. The van der Waals surface area contributed by atoms with E-state index in [-0.39, 0.29) is 5.76 Å². The molecule has 2 aliphatic rings. The maximum atomic E-state index is 11.3. The molecule has 2 rings (SSSR count). The van der Waals surface area contributed by atoms with Crippen LogP contribution in [0.3, 0.4) is 0 Å². The lowest BCUT2D eigenvalue weighted by Gasteiger charge is -2.47. The number of aliphatic carboxylic acids is 1. The number of aliphatic hydroxyl groups is 6. The maximum Gasteiger partial charge on any atom is 0.313 e. The summed E-state index contributed by atoms with van der Waals surface area (Å²) in [6.45, 7) is -0.708. The van der Waals surface area contributed by atoms with Crippen LogP contribution in [-0.4, -0.2) is 84.4 Å². The molecule has 0 saturated carbocycles. The van der Waals surface area contributed by atoms with E-state index in [1.807, 2.05) is 0 Å². The van der Waals surface area contributed by atoms with Crippen molar-refractivity contribution in [1.29, 1.82) is 0 Å². The van der Waals surface area contributed by atoms with Gasteiger partial charge in [0.1, 0.15) is 47.8 Å². The first-order valence-electron chi connectivity index (χ1n) is 6.58. The Kier molecular flexibility index (Phi) is 4.57. The van der Waals surface area contributed by atoms with Crippen LogP contribution in [0.25, 0.3) is 0 Å². The highest BCUT2D eigenvalue weighted by molar-refractivity contribution is 5.75. The first-order valence-corrected chi connectivity index (χ1v) is 6.58. The molecule has 0 spiro atoms. The average Bonchev–Trinajstić information content (AvgIpc) is 2.47. The summed E-state index contributed by atoms with van der Waals surface area (Å²) in [5.74, 6) is -3.53. The minimum atomic E-state index is -2.29. The molecule has 0 aromatic rings. The monoisotopic (exact) mass is 318 g/mol. The fraction of sp³-hybridized carbons (Fsp3) is 0.615. The number of hydrogen-bond donors (Lipinski definition) is 7. The van der Waals surface area contributed by atoms with Crippen molar-refractivity contribution < 1.29 is 45.3 Å². The van der Waals surface area contributed by atoms with Crippen LogP contribution in [0, 0.1) is 5.92 Å². The Morgan fingerprint density at radius 2 is 1.86 bits per heavy atom. The van der Waals surface area contributed by atoms with Gasteiger partial charge in [0.05, 0.1) is 6.61 Å². The van der Waals surface area contributed by atoms with Crippen molar-refractivity contribution in [1.82, 2.24) is 0 Å². The van der Waals surface area contributed by atoms with Gasteiger partial charge in [0.25, 0.3) is 0 Å². The van der Waals surface area contributed by atoms with Gasteiger partial charge >= 0.3 is 5.97 Å². The highest BCUT2D eigenvalue weighted by atomic mass is 16.6. The lowest BCUT2D eigenvalue weighted by atomic mass is 9.74. The van der Waals surface area contributed by atoms with E-state index in [0.29, 0.717) is 0 Å². The summed E-state index contributed by atoms with van der Waals surface area (Å²) < 4.78 is 5.20. The van der Waals surface area contributed by atoms with Crippen molar-refractivity contribution >= 4 is 5.97 Å². The molecule has 1 saturated heterocycles. The lowest BCUT2D eigenvalue weighted by Crippen LogP contribution is -2.67. The Hall–Kier alpha value is -1.49. The van der Waals surface area contributed by atoms with E-state index in [2.05, 4.69) is 0 Å². The third kappa shape index (κ3) is 2.62. The van der Waals surface area contributed by atoms with Gasteiger partial charge in [0, 0.05) is 0 Å². The molecule has 1 fully saturated rings. The van der Waals surface area contributed by atoms with E-state index >= 15 is 0 Å². The van der Waals surface area contributed by atoms with Gasteiger partial charge in [0.2, 0.25) is 0 Å². The van der Waals surface area contributed by atoms with Gasteiger partial charge in [-0.25, -0.2) is 0 Å². The number of ether oxygens (including phenoxy) is 1. The predicted octanol–water partition coefficient (Wildman–Crippen LogP) is -2.73. The molecule has 0 aromatic heterocycles. The highest BCUT2D eigenvalue weighted by Gasteiger charge is 2.56. The van der Waals surface area contributed by atoms with E-state index in [0.717, 1.165) is 18.2 Å². The van der Waals surface area contributed by atoms with Gasteiger partial charge < -0.3 is 40.5 Å². The first-order chi connectivity index (χ1) is 10.2. The SMILES string of the molecule is O=C(O)C1C=C(O)C=CC1(O)C1O[C@H](CO)[C@@H](O)[C@H](O)[C@H]1O. The van der Waals surface area contributed by atoms with Crippen molar-refractivity contribution in [3.05, 3.63) is 24.0 Å². The van der Waals surface area contributed by atoms with Crippen LogP contribution in [0.2, 0.25) is 0 Å². The van der Waals surface area contributed by atoms with Crippen molar-refractivity contribution in [3.63, 3.8) is 0 Å². The number of hydrogen-bond acceptors (Lipinski definition) is 8. The number of rotatable bonds is 3. The second kappa shape index (κ2) is 5.95. The third-order valence-electron chi connectivity index (χ3n) is 3.97. The number of carboxylic acid groups (broad SMARTS) is 1. The van der Waals surface area contributed by atoms with E-state index in [1.54, 1.807) is 0 Å². The fourth-order valence-electron chi connectivity index (χ4n) is 2.71. The van der Waals surface area contributed by atoms with Crippen molar-refractivity contribution in [2.75, 3.05) is 6.61 Å². The first kappa shape index (κ1) is 16.9. The molecule has 124 valence electrons. The molecule has 3 unspecified atom stereocenters. The van der Waals surface area contributed by atoms with Gasteiger partial charge in [-0.05, 0) is 18.2 Å². The van der Waals surface area contributed by atoms with Crippen LogP contribution in [0.5, 0.6) is 0 Å². The Morgan fingerprint density at radius 3 is 2.41 bits per heavy atom. The molecule has 0 amide bonds. The summed E-state index contributed by atoms with van der Waals surface area (Å²) in [6.07, 6.45) is -5.26. The topological polar surface area (TPSA) is 168 Å². The summed E-state index contributed by atoms with van der Waals surface area (Å²) in [5.41, 5.74) is -2.29. The van der Waals surface area contributed by atoms with Gasteiger partial charge in [-0.1, -0.05) is 0 Å². The van der Waals surface area contributed by atoms with Crippen LogP contribution in [0.15, 0.2) is 24.0 Å². The second-order valence-electron chi connectivity index (χ2n) is 5.38. The van der Waals surface area contributed by atoms with Crippen molar-refractivity contribution in [3.8, 4) is 0 Å². The zero-order valence-electron chi connectivity index (χ0n) is 11.4. The molecule has 0 aromatic carbocycles. The molecule has 1 aliphatic heterocycles. The summed E-state index contributed by atoms with van der Waals surface area (Å²) >= 11 is 0. The Morgan fingerprint density at radius 1 is 1.23 bits per heavy atom. The van der Waals surface area contributed by atoms with Gasteiger partial charge in [0.15, 0.2) is 0 Å². The third-order valence-corrected chi connectivity index (χ3v) is 3.97. The van der Waals surface area contributed by atoms with E-state index in [4.69, 9.17) is 9.84 Å². The lowest BCUT2D eigenvalue weighted by molar-refractivity contribution is -0.267. The van der Waals surface area contributed by atoms with Gasteiger partial charge in [-0.15, -0.1) is 0 Å². The van der Waals surface area contributed by atoms with E-state index in [9.17, 15) is 35.4 Å². The van der Waals surface area contributed by atoms with E-state index in [1.165, 1.54) is 0 Å². The standard InChI is InChI=1S/C13H18O9/c14-4-7-8(16)9(17)10(18)11(22-7)13(21)2-1-5(15)3-6(13)12(19)20/h1-3,6-11,14-18,21H,4H2,(H,19,20)/t6?,7-,8-,9+,10-,11?,13?/m1/s1. The van der Waals surface area contributed by atoms with Crippen LogP contribution < -0.4 is 0 Å². The molecule has 9 heteroatoms. The molecule has 1 heterocycles. The van der Waals surface area contributed by atoms with Gasteiger partial charge in [-0.2, -0.15) is 0 Å². The Balaban J connectivity index is 2.39. The molecule has 0 bridgehead atoms. The van der Waals surface area contributed by atoms with Crippen molar-refractivity contribution in [2.24, 2.45) is 5.92 Å². The molecule has 9 nitrogen and oxygen atoms in total. The van der Waals surface area contributed by atoms with Crippen LogP contribution in [0.4, 0.5) is 0 Å². The Labute approximate surface area is 125 Å². The van der Waals surface area contributed by atoms with Gasteiger partial charge in [-0.3, -0.25) is 4.79 Å². The largest absolute Gasteiger partial charge is 0.508 e. The van der Waals surface area contributed by atoms with E-state index < -0.39 is 54.6 Å². The minimum Gasteiger partial charge on any atom is -0.508 e. The summed E-state index contributed by atoms with van der Waals surface area (Å²) in [7, 11) is 0. The molecule has 1 aliphatic carbocycles. The second-order valence-corrected chi connectivity index (χ2v) is 5.38. The summed E-state index contributed by atoms with van der Waals surface area (Å²) in [4.78, 5) is 11.3. The maximum absolute atomic E-state index is 11.3. The van der Waals surface area contributed by atoms with Crippen molar-refractivity contribution in [2.45, 2.75) is 36.1 Å². The fourth-order valence-corrected chi connectivity index (χ4v) is 2.71. The number of aliphatic hydroxyl groups excluding tert-OH is 5. The minimum absolute atomic E-state index is 0.387. The number of allylic oxidation sites excluding steroid dienone is 1. The smallest absolute Gasteiger partial charge is 0.313 e. The van der Waals surface area contributed by atoms with Crippen LogP contribution in [0.1, 0.15) is 0 Å². The highest BCUT2D eigenvalue weighted by Crippen LogP contribution is 2.37. The normalized spacial score (nSPS) is 45.4. The Bertz CT molecular complexity index is 500. The molecule has 7 atom stereocenters. The van der Waals surface area contributed by atoms with Crippen LogP contribution >= 0.6 is 0 Å². The summed E-state index contributed by atoms with van der Waals surface area (Å²) in [5, 5.41) is 67.9. The predicted molar refractivity (Wildman–Crippen MR) is 69.7 cm³/mol. The average molecular weight is 318 g/mol. The zero-order chi connectivity index (χ0) is 16.7. The number of carbonyl (C=O) groups is 1. The molecular formula is C13H18O9. The van der Waals surface area contributed by atoms with Crippen LogP contribution in [-0.2, 0) is 9.53 Å². The zero-order valence-corrected chi connectivity index (χ0v) is 11.4. The quantitative estimate of drug-likeness (QED) is 0.292. The molecule has 7 N–H and O–H groups in total. The summed E-state index contributed by atoms with van der Waals surface area (Å²) in [6, 6.07) is 0. The number of carboxylic acids is 1.